The number of aryl methyl sites for hydroxylation is 1. The van der Waals surface area contributed by atoms with Crippen LogP contribution in [0.1, 0.15) is 21.5 Å². The van der Waals surface area contributed by atoms with Crippen molar-refractivity contribution < 1.29 is 14.3 Å². The largest absolute Gasteiger partial charge is 0.493 e. The number of halogens is 2. The highest BCUT2D eigenvalue weighted by atomic mass is 79.9. The fourth-order valence-corrected chi connectivity index (χ4v) is 2.74. The van der Waals surface area contributed by atoms with Gasteiger partial charge in [0.2, 0.25) is 0 Å². The SMILES string of the molecule is COc1cc(C=O)c(Br)c(Br)c1OCc1ccc(C)cc1. The van der Waals surface area contributed by atoms with Gasteiger partial charge in [0.15, 0.2) is 17.8 Å². The maximum Gasteiger partial charge on any atom is 0.177 e. The summed E-state index contributed by atoms with van der Waals surface area (Å²) in [6.45, 7) is 2.46. The summed E-state index contributed by atoms with van der Waals surface area (Å²) in [5.41, 5.74) is 2.77. The molecule has 0 saturated carbocycles. The fourth-order valence-electron chi connectivity index (χ4n) is 1.82. The molecule has 0 aliphatic rings. The highest BCUT2D eigenvalue weighted by Crippen LogP contribution is 2.42. The molecule has 0 radical (unpaired) electrons. The summed E-state index contributed by atoms with van der Waals surface area (Å²) in [6.07, 6.45) is 0.765. The Bertz CT molecular complexity index is 652. The summed E-state index contributed by atoms with van der Waals surface area (Å²) in [5, 5.41) is 0. The van der Waals surface area contributed by atoms with Gasteiger partial charge in [-0.15, -0.1) is 0 Å². The van der Waals surface area contributed by atoms with Crippen LogP contribution in [-0.4, -0.2) is 13.4 Å². The first-order chi connectivity index (χ1) is 10.1. The number of aldehydes is 1. The Morgan fingerprint density at radius 1 is 1.14 bits per heavy atom. The average Bonchev–Trinajstić information content (AvgIpc) is 2.50. The van der Waals surface area contributed by atoms with Gasteiger partial charge in [-0.05, 0) is 50.4 Å². The van der Waals surface area contributed by atoms with E-state index in [9.17, 15) is 4.79 Å². The summed E-state index contributed by atoms with van der Waals surface area (Å²) in [5.74, 6) is 1.08. The summed E-state index contributed by atoms with van der Waals surface area (Å²) in [6, 6.07) is 9.76. The minimum Gasteiger partial charge on any atom is -0.493 e. The normalized spacial score (nSPS) is 10.3. The maximum atomic E-state index is 11.0. The molecule has 110 valence electrons. The molecule has 0 unspecified atom stereocenters. The first-order valence-electron chi connectivity index (χ1n) is 6.26. The molecule has 21 heavy (non-hydrogen) atoms. The highest BCUT2D eigenvalue weighted by molar-refractivity contribution is 9.13. The topological polar surface area (TPSA) is 35.5 Å². The van der Waals surface area contributed by atoms with Crippen molar-refractivity contribution in [2.24, 2.45) is 0 Å². The van der Waals surface area contributed by atoms with Crippen LogP contribution in [0.3, 0.4) is 0 Å². The second-order valence-electron chi connectivity index (χ2n) is 4.52. The number of carbonyl (C=O) groups excluding carboxylic acids is 1. The van der Waals surface area contributed by atoms with Crippen molar-refractivity contribution in [3.05, 3.63) is 56.0 Å². The van der Waals surface area contributed by atoms with E-state index in [0.29, 0.717) is 32.6 Å². The third-order valence-electron chi connectivity index (χ3n) is 3.01. The van der Waals surface area contributed by atoms with Gasteiger partial charge in [0.1, 0.15) is 6.61 Å². The number of hydrogen-bond donors (Lipinski definition) is 0. The smallest absolute Gasteiger partial charge is 0.177 e. The van der Waals surface area contributed by atoms with Crippen molar-refractivity contribution in [1.82, 2.24) is 0 Å². The number of carbonyl (C=O) groups is 1. The van der Waals surface area contributed by atoms with E-state index in [4.69, 9.17) is 9.47 Å². The quantitative estimate of drug-likeness (QED) is 0.652. The molecule has 2 aromatic rings. The van der Waals surface area contributed by atoms with Crippen molar-refractivity contribution in [3.8, 4) is 11.5 Å². The second-order valence-corrected chi connectivity index (χ2v) is 6.10. The van der Waals surface area contributed by atoms with Gasteiger partial charge in [-0.2, -0.15) is 0 Å². The van der Waals surface area contributed by atoms with Gasteiger partial charge >= 0.3 is 0 Å². The molecule has 5 heteroatoms. The summed E-state index contributed by atoms with van der Waals surface area (Å²) < 4.78 is 12.5. The molecule has 0 saturated heterocycles. The van der Waals surface area contributed by atoms with E-state index in [1.165, 1.54) is 5.56 Å². The van der Waals surface area contributed by atoms with E-state index >= 15 is 0 Å². The van der Waals surface area contributed by atoms with Crippen LogP contribution >= 0.6 is 31.9 Å². The lowest BCUT2D eigenvalue weighted by Gasteiger charge is -2.15. The Balaban J connectivity index is 2.28. The van der Waals surface area contributed by atoms with E-state index in [-0.39, 0.29) is 0 Å². The highest BCUT2D eigenvalue weighted by Gasteiger charge is 2.16. The Hall–Kier alpha value is -1.33. The maximum absolute atomic E-state index is 11.0. The van der Waals surface area contributed by atoms with Gasteiger partial charge in [-0.1, -0.05) is 29.8 Å². The standard InChI is InChI=1S/C16H14Br2O3/c1-10-3-5-11(6-4-10)9-21-16-13(20-2)7-12(8-19)14(17)15(16)18/h3-8H,9H2,1-2H3. The van der Waals surface area contributed by atoms with Crippen molar-refractivity contribution in [2.75, 3.05) is 7.11 Å². The molecule has 0 spiro atoms. The van der Waals surface area contributed by atoms with Crippen molar-refractivity contribution in [1.29, 1.82) is 0 Å². The van der Waals surface area contributed by atoms with Crippen LogP contribution in [0.2, 0.25) is 0 Å². The van der Waals surface area contributed by atoms with Crippen molar-refractivity contribution in [2.45, 2.75) is 13.5 Å². The van der Waals surface area contributed by atoms with Crippen LogP contribution < -0.4 is 9.47 Å². The van der Waals surface area contributed by atoms with Crippen molar-refractivity contribution in [3.63, 3.8) is 0 Å². The summed E-state index contributed by atoms with van der Waals surface area (Å²) in [4.78, 5) is 11.0. The van der Waals surface area contributed by atoms with Crippen molar-refractivity contribution >= 4 is 38.1 Å². The Morgan fingerprint density at radius 3 is 2.38 bits per heavy atom. The van der Waals surface area contributed by atoms with E-state index in [0.717, 1.165) is 11.8 Å². The van der Waals surface area contributed by atoms with Gasteiger partial charge in [0.05, 0.1) is 11.6 Å². The molecule has 0 N–H and O–H groups in total. The number of ether oxygens (including phenoxy) is 2. The van der Waals surface area contributed by atoms with Gasteiger partial charge in [0.25, 0.3) is 0 Å². The average molecular weight is 414 g/mol. The zero-order chi connectivity index (χ0) is 15.4. The lowest BCUT2D eigenvalue weighted by atomic mass is 10.2. The minimum atomic E-state index is 0.419. The number of methoxy groups -OCH3 is 1. The van der Waals surface area contributed by atoms with Crippen LogP contribution in [0.15, 0.2) is 39.3 Å². The van der Waals surface area contributed by atoms with Crippen LogP contribution in [0.5, 0.6) is 11.5 Å². The zero-order valence-corrected chi connectivity index (χ0v) is 14.8. The number of rotatable bonds is 5. The molecule has 0 atom stereocenters. The molecule has 2 aromatic carbocycles. The third kappa shape index (κ3) is 3.66. The third-order valence-corrected chi connectivity index (χ3v) is 5.15. The first-order valence-corrected chi connectivity index (χ1v) is 7.85. The molecule has 0 fully saturated rings. The lowest BCUT2D eigenvalue weighted by Crippen LogP contribution is -2.00. The molecule has 0 bridgehead atoms. The zero-order valence-electron chi connectivity index (χ0n) is 11.7. The van der Waals surface area contributed by atoms with E-state index in [2.05, 4.69) is 31.9 Å². The predicted molar refractivity (Wildman–Crippen MR) is 89.3 cm³/mol. The van der Waals surface area contributed by atoms with Crippen LogP contribution in [0, 0.1) is 6.92 Å². The summed E-state index contributed by atoms with van der Waals surface area (Å²) in [7, 11) is 1.54. The molecule has 2 rings (SSSR count). The van der Waals surface area contributed by atoms with E-state index in [1.54, 1.807) is 13.2 Å². The monoisotopic (exact) mass is 412 g/mol. The Kier molecular flexibility index (Phi) is 5.42. The van der Waals surface area contributed by atoms with E-state index < -0.39 is 0 Å². The van der Waals surface area contributed by atoms with Crippen LogP contribution in [0.4, 0.5) is 0 Å². The molecule has 0 amide bonds. The Labute approximate surface area is 140 Å². The van der Waals surface area contributed by atoms with Gasteiger partial charge in [-0.25, -0.2) is 0 Å². The first kappa shape index (κ1) is 16.0. The predicted octanol–water partition coefficient (Wildman–Crippen LogP) is 4.92. The minimum absolute atomic E-state index is 0.419. The van der Waals surface area contributed by atoms with Gasteiger partial charge in [0, 0.05) is 10.0 Å². The lowest BCUT2D eigenvalue weighted by molar-refractivity contribution is 0.112. The molecule has 0 heterocycles. The summed E-state index contributed by atoms with van der Waals surface area (Å²) >= 11 is 6.81. The molecular weight excluding hydrogens is 400 g/mol. The molecule has 3 nitrogen and oxygen atoms in total. The molecule has 0 aliphatic heterocycles. The number of benzene rings is 2. The number of hydrogen-bond acceptors (Lipinski definition) is 3. The molecule has 0 aliphatic carbocycles. The van der Waals surface area contributed by atoms with E-state index in [1.807, 2.05) is 31.2 Å². The molecular formula is C16H14Br2O3. The fraction of sp³-hybridized carbons (Fsp3) is 0.188. The van der Waals surface area contributed by atoms with Crippen LogP contribution in [0.25, 0.3) is 0 Å². The van der Waals surface area contributed by atoms with Gasteiger partial charge < -0.3 is 9.47 Å². The molecule has 0 aromatic heterocycles. The van der Waals surface area contributed by atoms with Gasteiger partial charge in [-0.3, -0.25) is 4.79 Å². The Morgan fingerprint density at radius 2 is 1.81 bits per heavy atom. The second kappa shape index (κ2) is 7.09. The van der Waals surface area contributed by atoms with Crippen LogP contribution in [-0.2, 0) is 6.61 Å².